The second kappa shape index (κ2) is 9.97. The molecule has 0 N–H and O–H groups in total. The zero-order chi connectivity index (χ0) is 42.1. The Bertz CT molecular complexity index is 3280. The highest BCUT2D eigenvalue weighted by Crippen LogP contribution is 2.42. The van der Waals surface area contributed by atoms with Crippen LogP contribution in [0.4, 0.5) is 0 Å². The van der Waals surface area contributed by atoms with Gasteiger partial charge in [0, 0.05) is 10.8 Å². The maximum absolute atomic E-state index is 9.52. The normalized spacial score (nSPS) is 16.5. The van der Waals surface area contributed by atoms with Gasteiger partial charge in [-0.25, -0.2) is 0 Å². The largest absolute Gasteiger partial charge is 0.456 e. The summed E-state index contributed by atoms with van der Waals surface area (Å²) in [6, 6.07) is 12.3. The minimum absolute atomic E-state index is 0.0185. The molecule has 1 heteroatoms. The van der Waals surface area contributed by atoms with Crippen molar-refractivity contribution in [1.29, 1.82) is 0 Å². The first-order valence-electron chi connectivity index (χ1n) is 21.5. The molecule has 0 bridgehead atoms. The number of fused-ring (bicyclic) bond motifs is 6. The molecule has 0 aliphatic rings. The summed E-state index contributed by atoms with van der Waals surface area (Å²) in [5.41, 5.74) is 1.44. The van der Waals surface area contributed by atoms with Gasteiger partial charge in [-0.1, -0.05) is 133 Å². The lowest BCUT2D eigenvalue weighted by atomic mass is 9.85. The molecule has 9 aromatic rings. The Balaban J connectivity index is 1.35. The molecule has 0 unspecified atom stereocenters. The van der Waals surface area contributed by atoms with Gasteiger partial charge in [0.15, 0.2) is 0 Å². The molecule has 1 aromatic heterocycles. The first-order valence-corrected chi connectivity index (χ1v) is 14.0. The Kier molecular flexibility index (Phi) is 3.22. The molecule has 0 radical (unpaired) electrons. The topological polar surface area (TPSA) is 13.1 Å². The van der Waals surface area contributed by atoms with E-state index in [0.29, 0.717) is 43.6 Å². The third kappa shape index (κ3) is 3.94. The molecule has 1 heterocycles. The molecule has 0 amide bonds. The van der Waals surface area contributed by atoms with E-state index in [1.807, 2.05) is 42.5 Å². The van der Waals surface area contributed by atoms with Crippen LogP contribution in [0.2, 0.25) is 0 Å². The first kappa shape index (κ1) is 14.2. The molecule has 0 aliphatic carbocycles. The lowest BCUT2D eigenvalue weighted by Crippen LogP contribution is -1.96. The van der Waals surface area contributed by atoms with Crippen molar-refractivity contribution >= 4 is 54.3 Å². The molecular weight excluding hydrogens is 532 g/mol. The Morgan fingerprint density at radius 2 is 1.11 bits per heavy atom. The summed E-state index contributed by atoms with van der Waals surface area (Å²) in [5, 5.41) is 3.10. The van der Waals surface area contributed by atoms with E-state index in [2.05, 4.69) is 0 Å². The summed E-state index contributed by atoms with van der Waals surface area (Å²) in [5.74, 6) is 0. The minimum atomic E-state index is -0.655. The lowest BCUT2D eigenvalue weighted by Gasteiger charge is -2.18. The van der Waals surface area contributed by atoms with Crippen LogP contribution in [-0.2, 0) is 6.42 Å². The summed E-state index contributed by atoms with van der Waals surface area (Å²) in [6.45, 7) is 0. The maximum Gasteiger partial charge on any atom is 0.136 e. The fourth-order valence-electron chi connectivity index (χ4n) is 6.15. The van der Waals surface area contributed by atoms with E-state index < -0.39 is 84.1 Å². The van der Waals surface area contributed by atoms with E-state index >= 15 is 0 Å². The fraction of sp³-hybridized carbons (Fsp3) is 0.0233. The predicted octanol–water partition coefficient (Wildman–Crippen LogP) is 12.0. The van der Waals surface area contributed by atoms with E-state index in [0.717, 1.165) is 5.56 Å². The predicted molar refractivity (Wildman–Crippen MR) is 186 cm³/mol. The van der Waals surface area contributed by atoms with Crippen LogP contribution < -0.4 is 0 Å². The highest BCUT2D eigenvalue weighted by molar-refractivity contribution is 6.16. The van der Waals surface area contributed by atoms with Crippen LogP contribution in [-0.4, -0.2) is 0 Å². The molecule has 8 aromatic carbocycles. The molecule has 0 saturated carbocycles. The average Bonchev–Trinajstić information content (AvgIpc) is 3.64. The van der Waals surface area contributed by atoms with Crippen LogP contribution in [0, 0.1) is 0 Å². The lowest BCUT2D eigenvalue weighted by molar-refractivity contribution is 0.669. The second-order valence-electron chi connectivity index (χ2n) is 10.5. The molecule has 0 fully saturated rings. The molecule has 44 heavy (non-hydrogen) atoms. The molecule has 1 nitrogen and oxygen atoms in total. The number of furan rings is 1. The monoisotopic (exact) mass is 575 g/mol. The van der Waals surface area contributed by atoms with Crippen LogP contribution in [0.3, 0.4) is 0 Å². The summed E-state index contributed by atoms with van der Waals surface area (Å²) in [7, 11) is 0. The second-order valence-corrected chi connectivity index (χ2v) is 10.5. The van der Waals surface area contributed by atoms with Gasteiger partial charge in [0.2, 0.25) is 0 Å². The van der Waals surface area contributed by atoms with Crippen molar-refractivity contribution in [3.05, 3.63) is 168 Å². The smallest absolute Gasteiger partial charge is 0.136 e. The standard InChI is InChI=1S/C43H28O/c1-2-12-28(13-3-1)29-16-10-17-32(24-29)42-36-21-8-6-19-34(36)38(35-20-7-9-22-37(35)42)26-33-18-11-23-40-43(33)39-25-30-14-4-5-15-31(30)27-41(39)44-40/h1-25,27H,26H2/i1D,2D,3D,4D,5D,10D,12D,13D,14D,15D,16D,17D,24D,25D,27D. The van der Waals surface area contributed by atoms with E-state index in [1.54, 1.807) is 24.3 Å². The molecule has 0 aliphatic heterocycles. The first-order chi connectivity index (χ1) is 28.1. The van der Waals surface area contributed by atoms with Gasteiger partial charge in [0.1, 0.15) is 11.2 Å². The Morgan fingerprint density at radius 3 is 1.86 bits per heavy atom. The van der Waals surface area contributed by atoms with E-state index in [1.165, 1.54) is 0 Å². The maximum atomic E-state index is 9.52. The van der Waals surface area contributed by atoms with Gasteiger partial charge >= 0.3 is 0 Å². The van der Waals surface area contributed by atoms with Gasteiger partial charge in [-0.2, -0.15) is 0 Å². The zero-order valence-electron chi connectivity index (χ0n) is 38.0. The van der Waals surface area contributed by atoms with Crippen molar-refractivity contribution in [2.45, 2.75) is 6.42 Å². The third-order valence-corrected chi connectivity index (χ3v) is 8.01. The van der Waals surface area contributed by atoms with Crippen LogP contribution >= 0.6 is 0 Å². The van der Waals surface area contributed by atoms with E-state index in [-0.39, 0.29) is 51.4 Å². The van der Waals surface area contributed by atoms with Crippen LogP contribution in [0.15, 0.2) is 162 Å². The van der Waals surface area contributed by atoms with E-state index in [4.69, 9.17) is 22.2 Å². The summed E-state index contributed by atoms with van der Waals surface area (Å²) in [4.78, 5) is 0. The zero-order valence-corrected chi connectivity index (χ0v) is 23.0. The molecule has 206 valence electrons. The summed E-state index contributed by atoms with van der Waals surface area (Å²) in [6.07, 6.45) is 0.232. The number of benzene rings is 8. The molecule has 0 atom stereocenters. The summed E-state index contributed by atoms with van der Waals surface area (Å²) < 4.78 is 137. The number of hydrogen-bond donors (Lipinski definition) is 0. The van der Waals surface area contributed by atoms with Crippen molar-refractivity contribution in [3.63, 3.8) is 0 Å². The molecule has 0 spiro atoms. The average molecular weight is 576 g/mol. The third-order valence-electron chi connectivity index (χ3n) is 8.01. The molecular formula is C43H28O. The Labute approximate surface area is 276 Å². The van der Waals surface area contributed by atoms with Crippen LogP contribution in [0.5, 0.6) is 0 Å². The van der Waals surface area contributed by atoms with Gasteiger partial charge in [-0.15, -0.1) is 0 Å². The Hall–Kier alpha value is -5.66. The molecule has 9 rings (SSSR count). The van der Waals surface area contributed by atoms with Crippen LogP contribution in [0.25, 0.3) is 76.5 Å². The highest BCUT2D eigenvalue weighted by atomic mass is 16.3. The minimum Gasteiger partial charge on any atom is -0.456 e. The van der Waals surface area contributed by atoms with Crippen molar-refractivity contribution in [2.24, 2.45) is 0 Å². The summed E-state index contributed by atoms with van der Waals surface area (Å²) >= 11 is 0. The highest BCUT2D eigenvalue weighted by Gasteiger charge is 2.18. The SMILES string of the molecule is [2H]c1c([2H])c([2H])c(-c2c([2H])c([2H])c([2H])c(-c3c4ccccc4c(Cc4cccc5oc6c([2H])c7c([2H])c([2H])c([2H])c([2H])c7c([2H])c6c45)c4ccccc34)c2[2H])c([2H])c1[2H]. The van der Waals surface area contributed by atoms with Crippen molar-refractivity contribution < 1.29 is 25.0 Å². The van der Waals surface area contributed by atoms with Gasteiger partial charge in [-0.3, -0.25) is 0 Å². The number of rotatable bonds is 4. The fourth-order valence-corrected chi connectivity index (χ4v) is 6.15. The number of hydrogen-bond acceptors (Lipinski definition) is 1. The van der Waals surface area contributed by atoms with Gasteiger partial charge in [0.25, 0.3) is 0 Å². The van der Waals surface area contributed by atoms with Gasteiger partial charge in [-0.05, 0) is 96.3 Å². The van der Waals surface area contributed by atoms with Crippen molar-refractivity contribution in [1.82, 2.24) is 0 Å². The van der Waals surface area contributed by atoms with Crippen molar-refractivity contribution in [2.75, 3.05) is 0 Å². The van der Waals surface area contributed by atoms with Gasteiger partial charge < -0.3 is 4.42 Å². The van der Waals surface area contributed by atoms with Crippen LogP contribution in [0.1, 0.15) is 31.7 Å². The van der Waals surface area contributed by atoms with E-state index in [9.17, 15) is 2.74 Å². The van der Waals surface area contributed by atoms with Gasteiger partial charge in [0.05, 0.1) is 20.6 Å². The molecule has 0 saturated heterocycles. The van der Waals surface area contributed by atoms with Crippen molar-refractivity contribution in [3.8, 4) is 22.3 Å². The Morgan fingerprint density at radius 1 is 0.477 bits per heavy atom. The quantitative estimate of drug-likeness (QED) is 0.190.